The van der Waals surface area contributed by atoms with E-state index in [0.717, 1.165) is 20.9 Å². The summed E-state index contributed by atoms with van der Waals surface area (Å²) in [6.45, 7) is 4.34. The molecule has 4 nitrogen and oxygen atoms in total. The van der Waals surface area contributed by atoms with Crippen LogP contribution < -0.4 is 10.1 Å². The van der Waals surface area contributed by atoms with Crippen molar-refractivity contribution in [2.75, 3.05) is 6.61 Å². The Hall–Kier alpha value is -2.47. The van der Waals surface area contributed by atoms with Crippen molar-refractivity contribution in [2.24, 2.45) is 0 Å². The van der Waals surface area contributed by atoms with E-state index in [0.29, 0.717) is 23.6 Å². The highest BCUT2D eigenvalue weighted by Crippen LogP contribution is 2.29. The van der Waals surface area contributed by atoms with Gasteiger partial charge < -0.3 is 10.1 Å². The maximum absolute atomic E-state index is 13.3. The number of pyridine rings is 1. The van der Waals surface area contributed by atoms with Crippen LogP contribution in [0.5, 0.6) is 5.88 Å². The van der Waals surface area contributed by atoms with E-state index in [1.807, 2.05) is 32.0 Å². The van der Waals surface area contributed by atoms with E-state index < -0.39 is 0 Å². The summed E-state index contributed by atoms with van der Waals surface area (Å²) >= 11 is 3.43. The summed E-state index contributed by atoms with van der Waals surface area (Å²) < 4.78 is 19.8. The Bertz CT molecular complexity index is 975. The van der Waals surface area contributed by atoms with Gasteiger partial charge in [0.25, 0.3) is 5.91 Å². The number of rotatable bonds is 5. The SMILES string of the molecule is CCOc1nc2cc(Br)ccc2c(C)c1C(=O)NCc1cccc(F)c1. The van der Waals surface area contributed by atoms with E-state index in [2.05, 4.69) is 26.2 Å². The Morgan fingerprint density at radius 1 is 1.27 bits per heavy atom. The molecule has 0 radical (unpaired) electrons. The molecule has 3 aromatic rings. The predicted octanol–water partition coefficient (Wildman–Crippen LogP) is 4.77. The number of amides is 1. The third-order valence-corrected chi connectivity index (χ3v) is 4.52. The normalized spacial score (nSPS) is 10.8. The van der Waals surface area contributed by atoms with Gasteiger partial charge in [0.1, 0.15) is 11.4 Å². The molecule has 0 saturated carbocycles. The molecule has 3 rings (SSSR count). The topological polar surface area (TPSA) is 51.2 Å². The van der Waals surface area contributed by atoms with Gasteiger partial charge >= 0.3 is 0 Å². The van der Waals surface area contributed by atoms with Crippen molar-refractivity contribution in [2.45, 2.75) is 20.4 Å². The minimum Gasteiger partial charge on any atom is -0.477 e. The van der Waals surface area contributed by atoms with Crippen molar-refractivity contribution in [3.8, 4) is 5.88 Å². The molecule has 0 atom stereocenters. The Morgan fingerprint density at radius 2 is 2.08 bits per heavy atom. The molecule has 1 N–H and O–H groups in total. The molecule has 1 heterocycles. The molecule has 0 saturated heterocycles. The average molecular weight is 417 g/mol. The number of carbonyl (C=O) groups excluding carboxylic acids is 1. The van der Waals surface area contributed by atoms with Crippen LogP contribution in [-0.4, -0.2) is 17.5 Å². The summed E-state index contributed by atoms with van der Waals surface area (Å²) in [5.74, 6) is -0.333. The highest BCUT2D eigenvalue weighted by molar-refractivity contribution is 9.10. The van der Waals surface area contributed by atoms with E-state index in [4.69, 9.17) is 4.74 Å². The van der Waals surface area contributed by atoms with Gasteiger partial charge in [0, 0.05) is 16.4 Å². The first kappa shape index (κ1) is 18.3. The first-order valence-electron chi connectivity index (χ1n) is 8.25. The van der Waals surface area contributed by atoms with Crippen LogP contribution in [0.15, 0.2) is 46.9 Å². The third-order valence-electron chi connectivity index (χ3n) is 4.02. The van der Waals surface area contributed by atoms with Crippen LogP contribution in [0.4, 0.5) is 4.39 Å². The number of aryl methyl sites for hydroxylation is 1. The van der Waals surface area contributed by atoms with Crippen LogP contribution in [0.3, 0.4) is 0 Å². The number of benzene rings is 2. The van der Waals surface area contributed by atoms with Crippen LogP contribution in [0, 0.1) is 12.7 Å². The number of nitrogens with one attached hydrogen (secondary N) is 1. The fraction of sp³-hybridized carbons (Fsp3) is 0.200. The Morgan fingerprint density at radius 3 is 2.81 bits per heavy atom. The molecule has 0 aliphatic carbocycles. The number of ether oxygens (including phenoxy) is 1. The molecule has 0 spiro atoms. The van der Waals surface area contributed by atoms with Crippen LogP contribution in [-0.2, 0) is 6.54 Å². The maximum atomic E-state index is 13.3. The second-order valence-corrected chi connectivity index (χ2v) is 6.74. The summed E-state index contributed by atoms with van der Waals surface area (Å²) in [6, 6.07) is 11.9. The minimum absolute atomic E-state index is 0.222. The number of aromatic nitrogens is 1. The fourth-order valence-electron chi connectivity index (χ4n) is 2.80. The van der Waals surface area contributed by atoms with Gasteiger partial charge in [-0.25, -0.2) is 9.37 Å². The average Bonchev–Trinajstić information content (AvgIpc) is 2.60. The number of fused-ring (bicyclic) bond motifs is 1. The van der Waals surface area contributed by atoms with Gasteiger partial charge in [-0.3, -0.25) is 4.79 Å². The number of carbonyl (C=O) groups is 1. The molecule has 134 valence electrons. The molecule has 0 aliphatic heterocycles. The zero-order valence-electron chi connectivity index (χ0n) is 14.5. The summed E-state index contributed by atoms with van der Waals surface area (Å²) in [6.07, 6.45) is 0. The van der Waals surface area contributed by atoms with Crippen LogP contribution in [0.25, 0.3) is 10.9 Å². The van der Waals surface area contributed by atoms with Crippen LogP contribution in [0.2, 0.25) is 0 Å². The molecular weight excluding hydrogens is 399 g/mol. The third kappa shape index (κ3) is 3.85. The van der Waals surface area contributed by atoms with Crippen molar-refractivity contribution in [3.05, 3.63) is 69.4 Å². The fourth-order valence-corrected chi connectivity index (χ4v) is 3.15. The van der Waals surface area contributed by atoms with Gasteiger partial charge in [0.2, 0.25) is 5.88 Å². The molecule has 6 heteroatoms. The quantitative estimate of drug-likeness (QED) is 0.651. The molecule has 1 amide bonds. The van der Waals surface area contributed by atoms with E-state index in [9.17, 15) is 9.18 Å². The number of hydrogen-bond acceptors (Lipinski definition) is 3. The largest absolute Gasteiger partial charge is 0.477 e. The molecule has 2 aromatic carbocycles. The van der Waals surface area contributed by atoms with Gasteiger partial charge in [-0.05, 0) is 49.2 Å². The molecule has 0 bridgehead atoms. The first-order chi connectivity index (χ1) is 12.5. The maximum Gasteiger partial charge on any atom is 0.257 e. The molecule has 0 unspecified atom stereocenters. The van der Waals surface area contributed by atoms with E-state index in [1.54, 1.807) is 12.1 Å². The summed E-state index contributed by atoms with van der Waals surface area (Å²) in [5.41, 5.74) is 2.63. The lowest BCUT2D eigenvalue weighted by Gasteiger charge is -2.15. The smallest absolute Gasteiger partial charge is 0.257 e. The molecular formula is C20H18BrFN2O2. The standard InChI is InChI=1S/C20H18BrFN2O2/c1-3-26-20-18(12(2)16-8-7-14(21)10-17(16)24-20)19(25)23-11-13-5-4-6-15(22)9-13/h4-10H,3,11H2,1-2H3,(H,23,25). The summed E-state index contributed by atoms with van der Waals surface area (Å²) in [7, 11) is 0. The van der Waals surface area contributed by atoms with Gasteiger partial charge in [-0.2, -0.15) is 0 Å². The lowest BCUT2D eigenvalue weighted by Crippen LogP contribution is -2.25. The van der Waals surface area contributed by atoms with Gasteiger partial charge in [0.05, 0.1) is 12.1 Å². The second-order valence-electron chi connectivity index (χ2n) is 5.82. The highest BCUT2D eigenvalue weighted by atomic mass is 79.9. The Kier molecular flexibility index (Phi) is 5.52. The second kappa shape index (κ2) is 7.83. The Labute approximate surface area is 159 Å². The van der Waals surface area contributed by atoms with Gasteiger partial charge in [-0.1, -0.05) is 34.1 Å². The van der Waals surface area contributed by atoms with E-state index in [1.165, 1.54) is 12.1 Å². The molecule has 0 aliphatic rings. The lowest BCUT2D eigenvalue weighted by atomic mass is 10.0. The van der Waals surface area contributed by atoms with Crippen molar-refractivity contribution in [3.63, 3.8) is 0 Å². The highest BCUT2D eigenvalue weighted by Gasteiger charge is 2.20. The molecule has 0 fully saturated rings. The lowest BCUT2D eigenvalue weighted by molar-refractivity contribution is 0.0945. The summed E-state index contributed by atoms with van der Waals surface area (Å²) in [5, 5.41) is 3.71. The summed E-state index contributed by atoms with van der Waals surface area (Å²) in [4.78, 5) is 17.3. The Balaban J connectivity index is 1.96. The van der Waals surface area contributed by atoms with Gasteiger partial charge in [-0.15, -0.1) is 0 Å². The first-order valence-corrected chi connectivity index (χ1v) is 9.04. The van der Waals surface area contributed by atoms with Crippen LogP contribution >= 0.6 is 15.9 Å². The van der Waals surface area contributed by atoms with Crippen molar-refractivity contribution in [1.29, 1.82) is 0 Å². The van der Waals surface area contributed by atoms with Crippen LogP contribution in [0.1, 0.15) is 28.4 Å². The minimum atomic E-state index is -0.333. The predicted molar refractivity (Wildman–Crippen MR) is 103 cm³/mol. The van der Waals surface area contributed by atoms with Crippen molar-refractivity contribution < 1.29 is 13.9 Å². The van der Waals surface area contributed by atoms with Gasteiger partial charge in [0.15, 0.2) is 0 Å². The van der Waals surface area contributed by atoms with Crippen molar-refractivity contribution >= 4 is 32.7 Å². The molecule has 1 aromatic heterocycles. The zero-order valence-corrected chi connectivity index (χ0v) is 16.1. The van der Waals surface area contributed by atoms with E-state index in [-0.39, 0.29) is 18.3 Å². The van der Waals surface area contributed by atoms with Crippen molar-refractivity contribution in [1.82, 2.24) is 10.3 Å². The molecule has 26 heavy (non-hydrogen) atoms. The number of halogens is 2. The monoisotopic (exact) mass is 416 g/mol. The zero-order chi connectivity index (χ0) is 18.7. The number of nitrogens with zero attached hydrogens (tertiary/aromatic N) is 1. The van der Waals surface area contributed by atoms with E-state index >= 15 is 0 Å². The number of hydrogen-bond donors (Lipinski definition) is 1.